The third-order valence-electron chi connectivity index (χ3n) is 9.06. The van der Waals surface area contributed by atoms with Crippen LogP contribution in [-0.2, 0) is 23.8 Å². The monoisotopic (exact) mass is 575 g/mol. The molecule has 0 N–H and O–H groups in total. The van der Waals surface area contributed by atoms with Crippen LogP contribution < -0.4 is 19.5 Å². The van der Waals surface area contributed by atoms with Gasteiger partial charge in [0.05, 0.1) is 31.9 Å². The van der Waals surface area contributed by atoms with Gasteiger partial charge in [-0.25, -0.2) is 5.01 Å². The number of methoxy groups -OCH3 is 1. The molecule has 4 fully saturated rings. The normalized spacial score (nSPS) is 30.2. The zero-order valence-corrected chi connectivity index (χ0v) is 24.1. The molecule has 0 spiro atoms. The lowest BCUT2D eigenvalue weighted by Gasteiger charge is -2.53. The Morgan fingerprint density at radius 2 is 1.52 bits per heavy atom. The molecule has 2 amide bonds. The third kappa shape index (κ3) is 4.38. The molecule has 2 atom stereocenters. The number of rotatable bonds is 6. The van der Waals surface area contributed by atoms with E-state index in [-0.39, 0.29) is 24.0 Å². The van der Waals surface area contributed by atoms with Crippen LogP contribution in [0.25, 0.3) is 0 Å². The number of fused-ring (bicyclic) bond motifs is 1. The van der Waals surface area contributed by atoms with Crippen molar-refractivity contribution in [2.75, 3.05) is 61.3 Å². The summed E-state index contributed by atoms with van der Waals surface area (Å²) in [6.45, 7) is 5.34. The van der Waals surface area contributed by atoms with Gasteiger partial charge < -0.3 is 28.7 Å². The quantitative estimate of drug-likeness (QED) is 0.519. The van der Waals surface area contributed by atoms with E-state index in [1.165, 1.54) is 0 Å². The Morgan fingerprint density at radius 3 is 2.17 bits per heavy atom. The largest absolute Gasteiger partial charge is 0.497 e. The standard InChI is InChI=1S/C31H37N5O6/c1-21-41-29(42-21)28-26-14-16-35(23-8-6-22(7-9-23)34-15-4-3-5-27(34)37)30(38)31(26,33-17-19-40-20-18-33)36(32-28)24-10-12-25(39-2)13-11-24/h6-13,21,26,29H,3-5,14-20H2,1-2H3. The third-order valence-corrected chi connectivity index (χ3v) is 9.06. The topological polar surface area (TPSA) is 96.4 Å². The molecule has 2 unspecified atom stereocenters. The van der Waals surface area contributed by atoms with Crippen LogP contribution in [0, 0.1) is 5.92 Å². The van der Waals surface area contributed by atoms with Gasteiger partial charge in [0, 0.05) is 44.0 Å². The Hall–Kier alpha value is -3.51. The number of carbonyl (C=O) groups is 2. The van der Waals surface area contributed by atoms with Gasteiger partial charge >= 0.3 is 0 Å². The predicted molar refractivity (Wildman–Crippen MR) is 157 cm³/mol. The molecule has 5 aliphatic heterocycles. The first-order chi connectivity index (χ1) is 20.5. The van der Waals surface area contributed by atoms with Crippen molar-refractivity contribution in [2.24, 2.45) is 11.0 Å². The number of amides is 2. The summed E-state index contributed by atoms with van der Waals surface area (Å²) in [5.41, 5.74) is 2.06. The number of hydrogen-bond acceptors (Lipinski definition) is 9. The van der Waals surface area contributed by atoms with Gasteiger partial charge in [0.2, 0.25) is 17.9 Å². The van der Waals surface area contributed by atoms with Crippen LogP contribution in [0.1, 0.15) is 32.6 Å². The van der Waals surface area contributed by atoms with E-state index in [1.807, 2.05) is 70.3 Å². The molecule has 0 aromatic heterocycles. The van der Waals surface area contributed by atoms with Crippen molar-refractivity contribution in [2.45, 2.75) is 50.8 Å². The fraction of sp³-hybridized carbons (Fsp3) is 0.516. The first kappa shape index (κ1) is 27.3. The molecule has 0 aliphatic carbocycles. The van der Waals surface area contributed by atoms with E-state index in [9.17, 15) is 4.79 Å². The molecule has 42 heavy (non-hydrogen) atoms. The summed E-state index contributed by atoms with van der Waals surface area (Å²) in [4.78, 5) is 33.5. The Bertz CT molecular complexity index is 1350. The highest BCUT2D eigenvalue weighted by atomic mass is 16.9. The van der Waals surface area contributed by atoms with Gasteiger partial charge in [0.15, 0.2) is 6.29 Å². The second-order valence-electron chi connectivity index (χ2n) is 11.3. The van der Waals surface area contributed by atoms with Crippen molar-refractivity contribution < 1.29 is 28.5 Å². The fourth-order valence-corrected chi connectivity index (χ4v) is 6.98. The van der Waals surface area contributed by atoms with Gasteiger partial charge in [-0.2, -0.15) is 5.10 Å². The summed E-state index contributed by atoms with van der Waals surface area (Å²) in [6.07, 6.45) is 2.29. The number of hydrogen-bond donors (Lipinski definition) is 0. The van der Waals surface area contributed by atoms with Crippen molar-refractivity contribution in [3.8, 4) is 5.75 Å². The maximum absolute atomic E-state index is 15.1. The average molecular weight is 576 g/mol. The molecule has 0 saturated carbocycles. The lowest BCUT2D eigenvalue weighted by Crippen LogP contribution is -2.74. The number of anilines is 3. The highest BCUT2D eigenvalue weighted by molar-refractivity contribution is 6.11. The van der Waals surface area contributed by atoms with Gasteiger partial charge in [-0.3, -0.25) is 14.5 Å². The molecule has 2 aromatic carbocycles. The molecule has 4 saturated heterocycles. The van der Waals surface area contributed by atoms with Crippen molar-refractivity contribution in [1.82, 2.24) is 4.90 Å². The highest BCUT2D eigenvalue weighted by Crippen LogP contribution is 2.48. The first-order valence-electron chi connectivity index (χ1n) is 14.9. The summed E-state index contributed by atoms with van der Waals surface area (Å²) in [7, 11) is 1.63. The van der Waals surface area contributed by atoms with Crippen molar-refractivity contribution in [3.63, 3.8) is 0 Å². The number of benzene rings is 2. The Kier molecular flexibility index (Phi) is 7.13. The maximum Gasteiger partial charge on any atom is 0.270 e. The van der Waals surface area contributed by atoms with E-state index in [2.05, 4.69) is 4.90 Å². The van der Waals surface area contributed by atoms with E-state index in [0.717, 1.165) is 47.9 Å². The maximum atomic E-state index is 15.1. The number of piperidine rings is 2. The summed E-state index contributed by atoms with van der Waals surface area (Å²) in [6, 6.07) is 15.5. The molecular weight excluding hydrogens is 538 g/mol. The molecule has 0 bridgehead atoms. The predicted octanol–water partition coefficient (Wildman–Crippen LogP) is 3.19. The Labute approximate surface area is 245 Å². The number of carbonyl (C=O) groups excluding carboxylic acids is 2. The van der Waals surface area contributed by atoms with E-state index in [4.69, 9.17) is 24.0 Å². The second-order valence-corrected chi connectivity index (χ2v) is 11.3. The number of nitrogens with zero attached hydrogens (tertiary/aromatic N) is 5. The van der Waals surface area contributed by atoms with Crippen molar-refractivity contribution in [3.05, 3.63) is 48.5 Å². The van der Waals surface area contributed by atoms with E-state index < -0.39 is 12.0 Å². The molecular formula is C31H37N5O6. The fourth-order valence-electron chi connectivity index (χ4n) is 6.98. The molecule has 222 valence electrons. The van der Waals surface area contributed by atoms with E-state index in [0.29, 0.717) is 45.7 Å². The number of ether oxygens (including phenoxy) is 4. The summed E-state index contributed by atoms with van der Waals surface area (Å²) in [5, 5.41) is 6.99. The van der Waals surface area contributed by atoms with Gasteiger partial charge in [-0.05, 0) is 74.7 Å². The van der Waals surface area contributed by atoms with Crippen LogP contribution in [0.2, 0.25) is 0 Å². The van der Waals surface area contributed by atoms with Crippen LogP contribution in [0.5, 0.6) is 5.75 Å². The first-order valence-corrected chi connectivity index (χ1v) is 14.9. The molecule has 2 aromatic rings. The average Bonchev–Trinajstić information content (AvgIpc) is 3.37. The van der Waals surface area contributed by atoms with Crippen LogP contribution in [-0.4, -0.2) is 87.2 Å². The SMILES string of the molecule is COc1ccc(N2N=C(C3OC(C)O3)C3CCN(c4ccc(N5CCCCC5=O)cc4)C(=O)C32N2CCOCC2)cc1. The van der Waals surface area contributed by atoms with Gasteiger partial charge in [-0.1, -0.05) is 0 Å². The smallest absolute Gasteiger partial charge is 0.270 e. The Balaban J connectivity index is 1.29. The molecule has 11 heteroatoms. The zero-order chi connectivity index (χ0) is 28.8. The minimum Gasteiger partial charge on any atom is -0.497 e. The van der Waals surface area contributed by atoms with Crippen molar-refractivity contribution >= 4 is 34.6 Å². The van der Waals surface area contributed by atoms with Gasteiger partial charge in [-0.15, -0.1) is 0 Å². The molecule has 5 heterocycles. The number of hydrazone groups is 1. The molecule has 11 nitrogen and oxygen atoms in total. The van der Waals surface area contributed by atoms with Gasteiger partial charge in [0.1, 0.15) is 11.5 Å². The summed E-state index contributed by atoms with van der Waals surface area (Å²) < 4.78 is 23.0. The molecule has 5 aliphatic rings. The molecule has 0 radical (unpaired) electrons. The Morgan fingerprint density at radius 1 is 0.857 bits per heavy atom. The van der Waals surface area contributed by atoms with Crippen LogP contribution in [0.3, 0.4) is 0 Å². The number of morpholine rings is 1. The van der Waals surface area contributed by atoms with Crippen molar-refractivity contribution in [1.29, 1.82) is 0 Å². The summed E-state index contributed by atoms with van der Waals surface area (Å²) in [5.74, 6) is 0.578. The van der Waals surface area contributed by atoms with E-state index in [1.54, 1.807) is 7.11 Å². The van der Waals surface area contributed by atoms with E-state index >= 15 is 4.79 Å². The van der Waals surface area contributed by atoms with Gasteiger partial charge in [0.25, 0.3) is 5.91 Å². The minimum absolute atomic E-state index is 0.0515. The second kappa shape index (κ2) is 11.0. The van der Waals surface area contributed by atoms with Crippen LogP contribution in [0.4, 0.5) is 17.1 Å². The van der Waals surface area contributed by atoms with Crippen LogP contribution in [0.15, 0.2) is 53.6 Å². The lowest BCUT2D eigenvalue weighted by atomic mass is 9.79. The highest BCUT2D eigenvalue weighted by Gasteiger charge is 2.66. The summed E-state index contributed by atoms with van der Waals surface area (Å²) >= 11 is 0. The van der Waals surface area contributed by atoms with Crippen LogP contribution >= 0.6 is 0 Å². The minimum atomic E-state index is -1.13. The lowest BCUT2D eigenvalue weighted by molar-refractivity contribution is -0.346. The molecule has 7 rings (SSSR count). The zero-order valence-electron chi connectivity index (χ0n) is 24.1.